The van der Waals surface area contributed by atoms with Crippen LogP contribution in [0.15, 0.2) is 12.4 Å². The first-order valence-electron chi connectivity index (χ1n) is 6.37. The van der Waals surface area contributed by atoms with Crippen LogP contribution in [-0.4, -0.2) is 36.1 Å². The summed E-state index contributed by atoms with van der Waals surface area (Å²) in [6, 6.07) is 0. The van der Waals surface area contributed by atoms with E-state index in [1.807, 2.05) is 38.6 Å². The molecule has 0 unspecified atom stereocenters. The zero-order chi connectivity index (χ0) is 14.9. The minimum Gasteiger partial charge on any atom is -0.455 e. The quantitative estimate of drug-likeness (QED) is 0.791. The van der Waals surface area contributed by atoms with Gasteiger partial charge in [-0.25, -0.2) is 14.5 Å². The normalized spacial score (nSPS) is 11.7. The van der Waals surface area contributed by atoms with E-state index in [1.54, 1.807) is 17.8 Å². The topological polar surface area (TPSA) is 74.8 Å². The number of imidazole rings is 1. The molecule has 2 rings (SSSR count). The van der Waals surface area contributed by atoms with Crippen LogP contribution in [-0.2, 0) is 18.3 Å². The van der Waals surface area contributed by atoms with Gasteiger partial charge in [0, 0.05) is 19.4 Å². The van der Waals surface area contributed by atoms with Gasteiger partial charge in [-0.15, -0.1) is 5.10 Å². The van der Waals surface area contributed by atoms with Crippen molar-refractivity contribution in [1.29, 1.82) is 0 Å². The lowest BCUT2D eigenvalue weighted by Gasteiger charge is -2.18. The minimum absolute atomic E-state index is 0.245. The summed E-state index contributed by atoms with van der Waals surface area (Å²) in [7, 11) is 1.91. The third-order valence-corrected chi connectivity index (χ3v) is 2.79. The molecule has 0 radical (unpaired) electrons. The second kappa shape index (κ2) is 5.07. The van der Waals surface area contributed by atoms with Crippen LogP contribution in [0.5, 0.6) is 0 Å². The number of hydrogen-bond donors (Lipinski definition) is 0. The minimum atomic E-state index is -0.549. The second-order valence-electron chi connectivity index (χ2n) is 5.64. The smallest absolute Gasteiger partial charge is 0.361 e. The molecule has 0 bridgehead atoms. The van der Waals surface area contributed by atoms with E-state index in [9.17, 15) is 4.79 Å². The number of nitrogens with zero attached hydrogens (tertiary/aromatic N) is 5. The predicted molar refractivity (Wildman–Crippen MR) is 72.2 cm³/mol. The summed E-state index contributed by atoms with van der Waals surface area (Å²) in [6.45, 7) is 7.71. The number of carbonyl (C=O) groups is 1. The molecular formula is C13H19N5O2. The van der Waals surface area contributed by atoms with E-state index >= 15 is 0 Å². The number of aromatic nitrogens is 5. The number of carbonyl (C=O) groups excluding carboxylic acids is 1. The number of rotatable bonds is 3. The Balaban J connectivity index is 2.19. The van der Waals surface area contributed by atoms with Crippen LogP contribution in [0.1, 0.15) is 42.8 Å². The van der Waals surface area contributed by atoms with Crippen molar-refractivity contribution in [2.45, 2.75) is 39.8 Å². The molecule has 0 aromatic carbocycles. The fraction of sp³-hybridized carbons (Fsp3) is 0.538. The van der Waals surface area contributed by atoms with Gasteiger partial charge in [0.15, 0.2) is 5.69 Å². The fourth-order valence-electron chi connectivity index (χ4n) is 1.71. The van der Waals surface area contributed by atoms with Gasteiger partial charge in [0.25, 0.3) is 0 Å². The Labute approximate surface area is 117 Å². The highest BCUT2D eigenvalue weighted by Gasteiger charge is 2.23. The predicted octanol–water partition coefficient (Wildman–Crippen LogP) is 1.32. The SMILES string of the molecule is Cc1c(C(=O)OC(C)(C)C)nnn1Cc1nccn1C. The maximum absolute atomic E-state index is 12.0. The Bertz CT molecular complexity index is 621. The lowest BCUT2D eigenvalue weighted by Crippen LogP contribution is -2.24. The first kappa shape index (κ1) is 14.2. The molecule has 7 nitrogen and oxygen atoms in total. The first-order valence-corrected chi connectivity index (χ1v) is 6.37. The highest BCUT2D eigenvalue weighted by Crippen LogP contribution is 2.13. The molecule has 20 heavy (non-hydrogen) atoms. The van der Waals surface area contributed by atoms with E-state index in [-0.39, 0.29) is 5.69 Å². The molecule has 7 heteroatoms. The number of ether oxygens (including phenoxy) is 1. The van der Waals surface area contributed by atoms with Gasteiger partial charge in [0.05, 0.1) is 5.69 Å². The zero-order valence-corrected chi connectivity index (χ0v) is 12.4. The van der Waals surface area contributed by atoms with Gasteiger partial charge in [0.2, 0.25) is 0 Å². The number of hydrogen-bond acceptors (Lipinski definition) is 5. The molecule has 0 atom stereocenters. The summed E-state index contributed by atoms with van der Waals surface area (Å²) in [5, 5.41) is 7.91. The molecule has 0 N–H and O–H groups in total. The Morgan fingerprint density at radius 2 is 2.10 bits per heavy atom. The lowest BCUT2D eigenvalue weighted by molar-refractivity contribution is 0.00619. The summed E-state index contributed by atoms with van der Waals surface area (Å²) < 4.78 is 8.84. The van der Waals surface area contributed by atoms with Crippen LogP contribution >= 0.6 is 0 Å². The molecule has 0 aliphatic rings. The summed E-state index contributed by atoms with van der Waals surface area (Å²) in [6.07, 6.45) is 3.58. The van der Waals surface area contributed by atoms with Gasteiger partial charge in [0.1, 0.15) is 18.0 Å². The molecule has 2 heterocycles. The third-order valence-electron chi connectivity index (χ3n) is 2.79. The van der Waals surface area contributed by atoms with Crippen molar-refractivity contribution >= 4 is 5.97 Å². The number of esters is 1. The van der Waals surface area contributed by atoms with Gasteiger partial charge >= 0.3 is 5.97 Å². The molecule has 0 spiro atoms. The fourth-order valence-corrected chi connectivity index (χ4v) is 1.71. The van der Waals surface area contributed by atoms with E-state index in [0.29, 0.717) is 12.2 Å². The molecule has 2 aromatic rings. The molecule has 0 aliphatic heterocycles. The monoisotopic (exact) mass is 277 g/mol. The van der Waals surface area contributed by atoms with Gasteiger partial charge < -0.3 is 9.30 Å². The lowest BCUT2D eigenvalue weighted by atomic mass is 10.2. The van der Waals surface area contributed by atoms with Crippen molar-refractivity contribution in [3.63, 3.8) is 0 Å². The van der Waals surface area contributed by atoms with Gasteiger partial charge in [-0.05, 0) is 27.7 Å². The Morgan fingerprint density at radius 3 is 2.65 bits per heavy atom. The van der Waals surface area contributed by atoms with Crippen LogP contribution in [0.4, 0.5) is 0 Å². The number of aryl methyl sites for hydroxylation is 1. The van der Waals surface area contributed by atoms with Gasteiger partial charge in [-0.1, -0.05) is 5.21 Å². The van der Waals surface area contributed by atoms with Crippen LogP contribution in [0.2, 0.25) is 0 Å². The Morgan fingerprint density at radius 1 is 1.40 bits per heavy atom. The first-order chi connectivity index (χ1) is 9.28. The molecule has 0 saturated heterocycles. The average Bonchev–Trinajstić information content (AvgIpc) is 2.86. The van der Waals surface area contributed by atoms with Crippen molar-refractivity contribution in [2.75, 3.05) is 0 Å². The van der Waals surface area contributed by atoms with E-state index in [4.69, 9.17) is 4.74 Å². The molecular weight excluding hydrogens is 258 g/mol. The molecule has 0 aliphatic carbocycles. The van der Waals surface area contributed by atoms with Crippen LogP contribution in [0, 0.1) is 6.92 Å². The highest BCUT2D eigenvalue weighted by atomic mass is 16.6. The zero-order valence-electron chi connectivity index (χ0n) is 12.4. The largest absolute Gasteiger partial charge is 0.455 e. The van der Waals surface area contributed by atoms with Crippen molar-refractivity contribution < 1.29 is 9.53 Å². The van der Waals surface area contributed by atoms with Crippen LogP contribution in [0.25, 0.3) is 0 Å². The van der Waals surface area contributed by atoms with Gasteiger partial charge in [-0.2, -0.15) is 0 Å². The van der Waals surface area contributed by atoms with Crippen molar-refractivity contribution in [2.24, 2.45) is 7.05 Å². The molecule has 2 aromatic heterocycles. The average molecular weight is 277 g/mol. The van der Waals surface area contributed by atoms with E-state index in [2.05, 4.69) is 15.3 Å². The van der Waals surface area contributed by atoms with Gasteiger partial charge in [-0.3, -0.25) is 0 Å². The van der Waals surface area contributed by atoms with Crippen molar-refractivity contribution in [3.05, 3.63) is 29.6 Å². The molecule has 0 saturated carbocycles. The summed E-state index contributed by atoms with van der Waals surface area (Å²) in [4.78, 5) is 16.2. The molecule has 108 valence electrons. The maximum atomic E-state index is 12.0. The van der Waals surface area contributed by atoms with E-state index in [1.165, 1.54) is 0 Å². The Hall–Kier alpha value is -2.18. The summed E-state index contributed by atoms with van der Waals surface area (Å²) in [5.74, 6) is 0.384. The highest BCUT2D eigenvalue weighted by molar-refractivity contribution is 5.88. The van der Waals surface area contributed by atoms with Crippen LogP contribution < -0.4 is 0 Å². The van der Waals surface area contributed by atoms with Crippen molar-refractivity contribution in [3.8, 4) is 0 Å². The summed E-state index contributed by atoms with van der Waals surface area (Å²) >= 11 is 0. The van der Waals surface area contributed by atoms with E-state index in [0.717, 1.165) is 5.82 Å². The van der Waals surface area contributed by atoms with Crippen LogP contribution in [0.3, 0.4) is 0 Å². The van der Waals surface area contributed by atoms with E-state index < -0.39 is 11.6 Å². The second-order valence-corrected chi connectivity index (χ2v) is 5.64. The standard InChI is InChI=1S/C13H19N5O2/c1-9-11(12(19)20-13(2,3)4)15-16-18(9)8-10-14-6-7-17(10)5/h6-7H,8H2,1-5H3. The third kappa shape index (κ3) is 3.04. The Kier molecular flexibility index (Phi) is 3.61. The van der Waals surface area contributed by atoms with Crippen molar-refractivity contribution in [1.82, 2.24) is 24.5 Å². The molecule has 0 fully saturated rings. The summed E-state index contributed by atoms with van der Waals surface area (Å²) in [5.41, 5.74) is 0.365. The maximum Gasteiger partial charge on any atom is 0.361 e. The molecule has 0 amide bonds.